The van der Waals surface area contributed by atoms with E-state index in [0.717, 1.165) is 29.4 Å². The predicted molar refractivity (Wildman–Crippen MR) is 141 cm³/mol. The molecule has 1 aliphatic heterocycles. The lowest BCUT2D eigenvalue weighted by atomic mass is 10.1. The van der Waals surface area contributed by atoms with E-state index in [0.29, 0.717) is 24.3 Å². The quantitative estimate of drug-likeness (QED) is 0.199. The molecule has 168 valence electrons. The van der Waals surface area contributed by atoms with E-state index < -0.39 is 23.7 Å². The number of carbonyl (C=O) groups is 3. The van der Waals surface area contributed by atoms with Crippen LogP contribution in [0.3, 0.4) is 0 Å². The number of carbonyl (C=O) groups excluding carboxylic acids is 3. The fraction of sp³-hybridized carbons (Fsp3) is 0.261. The topological polar surface area (TPSA) is 72.9 Å². The first-order valence-electron chi connectivity index (χ1n) is 9.89. The molecule has 0 unspecified atom stereocenters. The van der Waals surface area contributed by atoms with E-state index >= 15 is 0 Å². The molecular weight excluding hydrogens is 656 g/mol. The lowest BCUT2D eigenvalue weighted by Crippen LogP contribution is -2.35. The Balaban J connectivity index is 1.82. The van der Waals surface area contributed by atoms with E-state index in [2.05, 4.69) is 45.2 Å². The molecule has 6 nitrogen and oxygen atoms in total. The molecule has 1 saturated heterocycles. The summed E-state index contributed by atoms with van der Waals surface area (Å²) in [4.78, 5) is 38.5. The van der Waals surface area contributed by atoms with Gasteiger partial charge >= 0.3 is 5.97 Å². The van der Waals surface area contributed by atoms with Crippen molar-refractivity contribution in [2.75, 3.05) is 6.54 Å². The first kappa shape index (κ1) is 25.0. The van der Waals surface area contributed by atoms with Gasteiger partial charge < -0.3 is 9.47 Å². The summed E-state index contributed by atoms with van der Waals surface area (Å²) < 4.78 is 13.2. The molecule has 0 spiro atoms. The fourth-order valence-corrected chi connectivity index (χ4v) is 5.70. The highest BCUT2D eigenvalue weighted by Crippen LogP contribution is 2.36. The van der Waals surface area contributed by atoms with Gasteiger partial charge in [0.25, 0.3) is 11.1 Å². The van der Waals surface area contributed by atoms with Crippen LogP contribution in [0.5, 0.6) is 5.75 Å². The van der Waals surface area contributed by atoms with E-state index in [-0.39, 0.29) is 11.0 Å². The van der Waals surface area contributed by atoms with Gasteiger partial charge in [-0.25, -0.2) is 0 Å². The zero-order chi connectivity index (χ0) is 23.3. The van der Waals surface area contributed by atoms with Crippen molar-refractivity contribution >= 4 is 80.1 Å². The minimum absolute atomic E-state index is 0.244. The second-order valence-electron chi connectivity index (χ2n) is 7.06. The van der Waals surface area contributed by atoms with Crippen LogP contribution in [0.4, 0.5) is 4.79 Å². The number of hydrogen-bond donors (Lipinski definition) is 0. The molecule has 2 aromatic rings. The van der Waals surface area contributed by atoms with Gasteiger partial charge in [-0.15, -0.1) is 0 Å². The Morgan fingerprint density at radius 1 is 1.19 bits per heavy atom. The molecule has 0 aromatic heterocycles. The highest BCUT2D eigenvalue weighted by atomic mass is 127. The van der Waals surface area contributed by atoms with Gasteiger partial charge in [0.1, 0.15) is 18.9 Å². The molecular formula is C23H21I2NO5S. The highest BCUT2D eigenvalue weighted by molar-refractivity contribution is 14.1. The minimum atomic E-state index is -0.599. The molecule has 2 aromatic carbocycles. The molecule has 9 heteroatoms. The molecule has 1 atom stereocenters. The number of imide groups is 1. The van der Waals surface area contributed by atoms with E-state index in [1.807, 2.05) is 49.4 Å². The van der Waals surface area contributed by atoms with Gasteiger partial charge in [0, 0.05) is 9.13 Å². The van der Waals surface area contributed by atoms with Crippen molar-refractivity contribution in [2.45, 2.75) is 33.0 Å². The van der Waals surface area contributed by atoms with Crippen LogP contribution in [-0.2, 0) is 20.9 Å². The maximum absolute atomic E-state index is 12.8. The first-order chi connectivity index (χ1) is 15.3. The van der Waals surface area contributed by atoms with Crippen molar-refractivity contribution in [1.82, 2.24) is 4.90 Å². The normalized spacial score (nSPS) is 15.9. The van der Waals surface area contributed by atoms with Crippen molar-refractivity contribution in [3.05, 3.63) is 65.6 Å². The highest BCUT2D eigenvalue weighted by Gasteiger charge is 2.37. The van der Waals surface area contributed by atoms with E-state index in [9.17, 15) is 14.4 Å². The predicted octanol–water partition coefficient (Wildman–Crippen LogP) is 5.85. The van der Waals surface area contributed by atoms with Crippen molar-refractivity contribution in [3.8, 4) is 5.75 Å². The third-order valence-corrected chi connectivity index (χ3v) is 6.95. The molecule has 1 fully saturated rings. The molecule has 0 saturated carbocycles. The molecule has 2 amide bonds. The lowest BCUT2D eigenvalue weighted by molar-refractivity contribution is -0.150. The Morgan fingerprint density at radius 2 is 1.91 bits per heavy atom. The van der Waals surface area contributed by atoms with Crippen LogP contribution in [0.25, 0.3) is 6.08 Å². The maximum Gasteiger partial charge on any atom is 0.326 e. The van der Waals surface area contributed by atoms with Gasteiger partial charge in [-0.1, -0.05) is 37.3 Å². The standard InChI is InChI=1S/C23H21I2NO5S/c1-3-14(2)31-20(27)12-26-22(28)19(32-23(26)29)10-16-9-17(24)11-18(25)21(16)30-13-15-7-5-4-6-8-15/h4-11,14H,3,12-13H2,1-2H3/b19-10+/t14-/m0/s1. The number of benzene rings is 2. The van der Waals surface area contributed by atoms with Crippen LogP contribution in [0.2, 0.25) is 0 Å². The summed E-state index contributed by atoms with van der Waals surface area (Å²) in [5.74, 6) is -0.472. The molecule has 3 rings (SSSR count). The Hall–Kier alpha value is -1.60. The molecule has 32 heavy (non-hydrogen) atoms. The summed E-state index contributed by atoms with van der Waals surface area (Å²) in [6, 6.07) is 13.7. The summed E-state index contributed by atoms with van der Waals surface area (Å²) in [6.45, 7) is 3.64. The maximum atomic E-state index is 12.8. The summed E-state index contributed by atoms with van der Waals surface area (Å²) in [5.41, 5.74) is 1.72. The van der Waals surface area contributed by atoms with Crippen LogP contribution in [-0.4, -0.2) is 34.7 Å². The monoisotopic (exact) mass is 677 g/mol. The average molecular weight is 677 g/mol. The summed E-state index contributed by atoms with van der Waals surface area (Å²) in [5, 5.41) is -0.491. The zero-order valence-corrected chi connectivity index (χ0v) is 22.6. The minimum Gasteiger partial charge on any atom is -0.487 e. The molecule has 1 heterocycles. The Kier molecular flexibility index (Phi) is 9.00. The number of nitrogens with zero attached hydrogens (tertiary/aromatic N) is 1. The number of ether oxygens (including phenoxy) is 2. The van der Waals surface area contributed by atoms with Crippen LogP contribution in [0.1, 0.15) is 31.4 Å². The zero-order valence-electron chi connectivity index (χ0n) is 17.5. The third-order valence-electron chi connectivity index (χ3n) is 4.62. The second-order valence-corrected chi connectivity index (χ2v) is 10.5. The largest absolute Gasteiger partial charge is 0.487 e. The van der Waals surface area contributed by atoms with E-state index in [1.54, 1.807) is 13.0 Å². The van der Waals surface area contributed by atoms with Gasteiger partial charge in [-0.05, 0) is 94.1 Å². The van der Waals surface area contributed by atoms with Crippen molar-refractivity contribution in [2.24, 2.45) is 0 Å². The Bertz CT molecular complexity index is 1060. The first-order valence-corrected chi connectivity index (χ1v) is 12.9. The van der Waals surface area contributed by atoms with Gasteiger partial charge in [0.15, 0.2) is 0 Å². The summed E-state index contributed by atoms with van der Waals surface area (Å²) in [7, 11) is 0. The van der Waals surface area contributed by atoms with Gasteiger partial charge in [0.2, 0.25) is 0 Å². The van der Waals surface area contributed by atoms with Crippen LogP contribution >= 0.6 is 56.9 Å². The Labute approximate surface area is 218 Å². The number of hydrogen-bond acceptors (Lipinski definition) is 6. The number of halogens is 2. The molecule has 0 bridgehead atoms. The molecule has 0 radical (unpaired) electrons. The van der Waals surface area contributed by atoms with Gasteiger partial charge in [0.05, 0.1) is 14.6 Å². The van der Waals surface area contributed by atoms with Crippen molar-refractivity contribution < 1.29 is 23.9 Å². The number of esters is 1. The fourth-order valence-electron chi connectivity index (χ4n) is 2.82. The third kappa shape index (κ3) is 6.47. The number of amides is 2. The van der Waals surface area contributed by atoms with Crippen LogP contribution in [0.15, 0.2) is 47.4 Å². The number of rotatable bonds is 8. The van der Waals surface area contributed by atoms with Crippen molar-refractivity contribution in [3.63, 3.8) is 0 Å². The van der Waals surface area contributed by atoms with Crippen molar-refractivity contribution in [1.29, 1.82) is 0 Å². The van der Waals surface area contributed by atoms with E-state index in [1.165, 1.54) is 0 Å². The average Bonchev–Trinajstić information content (AvgIpc) is 3.01. The van der Waals surface area contributed by atoms with Crippen LogP contribution < -0.4 is 4.74 Å². The second kappa shape index (κ2) is 11.5. The smallest absolute Gasteiger partial charge is 0.326 e. The lowest BCUT2D eigenvalue weighted by Gasteiger charge is -2.15. The summed E-state index contributed by atoms with van der Waals surface area (Å²) >= 11 is 5.20. The SMILES string of the molecule is CC[C@H](C)OC(=O)CN1C(=O)S/C(=C/c2cc(I)cc(I)c2OCc2ccccc2)C1=O. The molecule has 1 aliphatic rings. The summed E-state index contributed by atoms with van der Waals surface area (Å²) in [6.07, 6.45) is 2.04. The number of thioether (sulfide) groups is 1. The van der Waals surface area contributed by atoms with E-state index in [4.69, 9.17) is 9.47 Å². The van der Waals surface area contributed by atoms with Gasteiger partial charge in [-0.2, -0.15) is 0 Å². The molecule has 0 N–H and O–H groups in total. The Morgan fingerprint density at radius 3 is 2.59 bits per heavy atom. The van der Waals surface area contributed by atoms with Crippen LogP contribution in [0, 0.1) is 7.14 Å². The van der Waals surface area contributed by atoms with Gasteiger partial charge in [-0.3, -0.25) is 19.3 Å². The molecule has 0 aliphatic carbocycles.